The van der Waals surface area contributed by atoms with Crippen LogP contribution in [0.5, 0.6) is 0 Å². The smallest absolute Gasteiger partial charge is 0.241 e. The van der Waals surface area contributed by atoms with Crippen molar-refractivity contribution in [3.05, 3.63) is 35.4 Å². The molecule has 1 atom stereocenters. The van der Waals surface area contributed by atoms with Crippen LogP contribution in [0.1, 0.15) is 36.8 Å². The average molecular weight is 358 g/mol. The third-order valence-corrected chi connectivity index (χ3v) is 5.43. The average Bonchev–Trinajstić information content (AvgIpc) is 3.40. The Bertz CT molecular complexity index is 728. The van der Waals surface area contributed by atoms with Gasteiger partial charge in [0.25, 0.3) is 0 Å². The molecule has 0 spiro atoms. The highest BCUT2D eigenvalue weighted by atomic mass is 16.5. The standard InChI is InChI=1S/C20H26N2O4/c1-14-6-4-5-7-16(14)20(12-17(23)21(2)10-11-26-3)13-18(24)22(19(20)25)15-8-9-15/h4-7,15H,8-13H2,1-3H3. The van der Waals surface area contributed by atoms with Crippen molar-refractivity contribution in [1.29, 1.82) is 0 Å². The topological polar surface area (TPSA) is 66.9 Å². The van der Waals surface area contributed by atoms with E-state index >= 15 is 0 Å². The van der Waals surface area contributed by atoms with Gasteiger partial charge in [0.15, 0.2) is 0 Å². The van der Waals surface area contributed by atoms with Crippen molar-refractivity contribution < 1.29 is 19.1 Å². The molecule has 6 heteroatoms. The highest BCUT2D eigenvalue weighted by Gasteiger charge is 2.57. The summed E-state index contributed by atoms with van der Waals surface area (Å²) in [7, 11) is 3.28. The second-order valence-electron chi connectivity index (χ2n) is 7.36. The van der Waals surface area contributed by atoms with Gasteiger partial charge in [0.05, 0.1) is 12.0 Å². The first-order valence-corrected chi connectivity index (χ1v) is 9.06. The van der Waals surface area contributed by atoms with Crippen molar-refractivity contribution in [2.24, 2.45) is 0 Å². The van der Waals surface area contributed by atoms with Gasteiger partial charge in [0, 0.05) is 39.6 Å². The van der Waals surface area contributed by atoms with E-state index in [1.807, 2.05) is 31.2 Å². The maximum absolute atomic E-state index is 13.4. The molecule has 0 aromatic heterocycles. The van der Waals surface area contributed by atoms with Crippen molar-refractivity contribution in [3.8, 4) is 0 Å². The van der Waals surface area contributed by atoms with Gasteiger partial charge in [-0.25, -0.2) is 0 Å². The molecule has 2 aliphatic rings. The molecular formula is C20H26N2O4. The summed E-state index contributed by atoms with van der Waals surface area (Å²) < 4.78 is 5.03. The van der Waals surface area contributed by atoms with Gasteiger partial charge in [-0.2, -0.15) is 0 Å². The number of likely N-dealkylation sites (tertiary alicyclic amines) is 1. The molecule has 0 radical (unpaired) electrons. The lowest BCUT2D eigenvalue weighted by Gasteiger charge is -2.30. The van der Waals surface area contributed by atoms with E-state index in [0.717, 1.165) is 24.0 Å². The number of amides is 3. The highest BCUT2D eigenvalue weighted by molar-refractivity contribution is 6.11. The molecule has 1 saturated heterocycles. The van der Waals surface area contributed by atoms with E-state index < -0.39 is 5.41 Å². The lowest BCUT2D eigenvalue weighted by Crippen LogP contribution is -2.44. The van der Waals surface area contributed by atoms with Gasteiger partial charge in [0.1, 0.15) is 0 Å². The van der Waals surface area contributed by atoms with Gasteiger partial charge >= 0.3 is 0 Å². The maximum atomic E-state index is 13.4. The van der Waals surface area contributed by atoms with Gasteiger partial charge in [-0.05, 0) is 30.9 Å². The normalized spacial score (nSPS) is 22.8. The van der Waals surface area contributed by atoms with Gasteiger partial charge < -0.3 is 9.64 Å². The fraction of sp³-hybridized carbons (Fsp3) is 0.550. The molecule has 140 valence electrons. The minimum Gasteiger partial charge on any atom is -0.383 e. The molecule has 1 unspecified atom stereocenters. The first-order chi connectivity index (χ1) is 12.4. The maximum Gasteiger partial charge on any atom is 0.241 e. The number of nitrogens with zero attached hydrogens (tertiary/aromatic N) is 2. The van der Waals surface area contributed by atoms with Crippen molar-refractivity contribution in [2.75, 3.05) is 27.3 Å². The summed E-state index contributed by atoms with van der Waals surface area (Å²) >= 11 is 0. The molecule has 1 aliphatic heterocycles. The molecule has 0 N–H and O–H groups in total. The molecule has 6 nitrogen and oxygen atoms in total. The summed E-state index contributed by atoms with van der Waals surface area (Å²) in [6.45, 7) is 2.81. The Kier molecular flexibility index (Phi) is 5.14. The van der Waals surface area contributed by atoms with Crippen LogP contribution < -0.4 is 0 Å². The third kappa shape index (κ3) is 3.26. The number of ether oxygens (including phenoxy) is 1. The number of carbonyl (C=O) groups excluding carboxylic acids is 3. The van der Waals surface area contributed by atoms with Crippen molar-refractivity contribution in [1.82, 2.24) is 9.80 Å². The monoisotopic (exact) mass is 358 g/mol. The number of hydrogen-bond acceptors (Lipinski definition) is 4. The largest absolute Gasteiger partial charge is 0.383 e. The molecule has 26 heavy (non-hydrogen) atoms. The fourth-order valence-corrected chi connectivity index (χ4v) is 3.76. The number of carbonyl (C=O) groups is 3. The number of hydrogen-bond donors (Lipinski definition) is 0. The summed E-state index contributed by atoms with van der Waals surface area (Å²) in [6.07, 6.45) is 1.80. The molecule has 1 aliphatic carbocycles. The fourth-order valence-electron chi connectivity index (χ4n) is 3.76. The van der Waals surface area contributed by atoms with Crippen LogP contribution >= 0.6 is 0 Å². The number of methoxy groups -OCH3 is 1. The first-order valence-electron chi connectivity index (χ1n) is 9.06. The SMILES string of the molecule is COCCN(C)C(=O)CC1(c2ccccc2C)CC(=O)N(C2CC2)C1=O. The first kappa shape index (κ1) is 18.6. The van der Waals surface area contributed by atoms with Crippen LogP contribution in [0, 0.1) is 6.92 Å². The molecule has 3 rings (SSSR count). The van der Waals surface area contributed by atoms with Crippen LogP contribution in [-0.2, 0) is 24.5 Å². The van der Waals surface area contributed by atoms with Gasteiger partial charge in [-0.1, -0.05) is 24.3 Å². The summed E-state index contributed by atoms with van der Waals surface area (Å²) in [5, 5.41) is 0. The zero-order chi connectivity index (χ0) is 18.9. The summed E-state index contributed by atoms with van der Waals surface area (Å²) in [5.41, 5.74) is 0.623. The Morgan fingerprint density at radius 3 is 2.62 bits per heavy atom. The molecule has 2 fully saturated rings. The highest BCUT2D eigenvalue weighted by Crippen LogP contribution is 2.45. The van der Waals surface area contributed by atoms with Crippen molar-refractivity contribution in [2.45, 2.75) is 44.1 Å². The van der Waals surface area contributed by atoms with E-state index in [2.05, 4.69) is 0 Å². The minimum absolute atomic E-state index is 0.00581. The predicted octanol–water partition coefficient (Wildman–Crippen LogP) is 1.65. The summed E-state index contributed by atoms with van der Waals surface area (Å²) in [5.74, 6) is -0.523. The van der Waals surface area contributed by atoms with E-state index in [4.69, 9.17) is 4.74 Å². The zero-order valence-electron chi connectivity index (χ0n) is 15.7. The third-order valence-electron chi connectivity index (χ3n) is 5.43. The van der Waals surface area contributed by atoms with Crippen LogP contribution in [0.4, 0.5) is 0 Å². The lowest BCUT2D eigenvalue weighted by atomic mass is 9.74. The van der Waals surface area contributed by atoms with Crippen LogP contribution in [0.15, 0.2) is 24.3 Å². The molecule has 1 aromatic rings. The Hall–Kier alpha value is -2.21. The Morgan fingerprint density at radius 2 is 2.00 bits per heavy atom. The number of aryl methyl sites for hydroxylation is 1. The van der Waals surface area contributed by atoms with Crippen LogP contribution in [0.25, 0.3) is 0 Å². The minimum atomic E-state index is -1.09. The van der Waals surface area contributed by atoms with E-state index in [9.17, 15) is 14.4 Å². The quantitative estimate of drug-likeness (QED) is 0.695. The van der Waals surface area contributed by atoms with E-state index in [1.165, 1.54) is 4.90 Å². The van der Waals surface area contributed by atoms with Gasteiger partial charge in [0.2, 0.25) is 17.7 Å². The van der Waals surface area contributed by atoms with Gasteiger partial charge in [-0.15, -0.1) is 0 Å². The second-order valence-corrected chi connectivity index (χ2v) is 7.36. The number of imide groups is 1. The van der Waals surface area contributed by atoms with Crippen LogP contribution in [-0.4, -0.2) is 60.9 Å². The lowest BCUT2D eigenvalue weighted by molar-refractivity contribution is -0.143. The van der Waals surface area contributed by atoms with Crippen molar-refractivity contribution >= 4 is 17.7 Å². The Labute approximate surface area is 154 Å². The molecule has 3 amide bonds. The molecule has 0 bridgehead atoms. The predicted molar refractivity (Wildman–Crippen MR) is 96.5 cm³/mol. The number of rotatable bonds is 7. The second kappa shape index (κ2) is 7.19. The molecular weight excluding hydrogens is 332 g/mol. The summed E-state index contributed by atoms with van der Waals surface area (Å²) in [4.78, 5) is 41.8. The Morgan fingerprint density at radius 1 is 1.31 bits per heavy atom. The molecule has 1 heterocycles. The summed E-state index contributed by atoms with van der Waals surface area (Å²) in [6, 6.07) is 7.58. The number of benzene rings is 1. The molecule has 1 aromatic carbocycles. The van der Waals surface area contributed by atoms with E-state index in [0.29, 0.717) is 13.2 Å². The van der Waals surface area contributed by atoms with E-state index in [-0.39, 0.29) is 36.6 Å². The van der Waals surface area contributed by atoms with Crippen LogP contribution in [0.2, 0.25) is 0 Å². The van der Waals surface area contributed by atoms with Gasteiger partial charge in [-0.3, -0.25) is 19.3 Å². The van der Waals surface area contributed by atoms with Crippen molar-refractivity contribution in [3.63, 3.8) is 0 Å². The molecule has 1 saturated carbocycles. The Balaban J connectivity index is 1.96. The zero-order valence-corrected chi connectivity index (χ0v) is 15.7. The number of likely N-dealkylation sites (N-methyl/N-ethyl adjacent to an activating group) is 1. The van der Waals surface area contributed by atoms with E-state index in [1.54, 1.807) is 19.1 Å². The van der Waals surface area contributed by atoms with Crippen LogP contribution in [0.3, 0.4) is 0 Å².